The van der Waals surface area contributed by atoms with Gasteiger partial charge in [-0.25, -0.2) is 14.2 Å². The van der Waals surface area contributed by atoms with Gasteiger partial charge in [0.2, 0.25) is 0 Å². The van der Waals surface area contributed by atoms with Crippen LogP contribution in [0.5, 0.6) is 0 Å². The molecular weight excluding hydrogens is 222 g/mol. The lowest BCUT2D eigenvalue weighted by molar-refractivity contribution is 0.682. The van der Waals surface area contributed by atoms with Crippen molar-refractivity contribution >= 4 is 33.6 Å². The molecule has 1 atom stereocenters. The van der Waals surface area contributed by atoms with Gasteiger partial charge in [-0.2, -0.15) is 0 Å². The van der Waals surface area contributed by atoms with Gasteiger partial charge in [0.1, 0.15) is 22.0 Å². The van der Waals surface area contributed by atoms with E-state index >= 15 is 0 Å². The summed E-state index contributed by atoms with van der Waals surface area (Å²) in [6.45, 7) is 1.75. The molecule has 0 saturated carbocycles. The maximum atomic E-state index is 11.3. The molecule has 74 valence electrons. The summed E-state index contributed by atoms with van der Waals surface area (Å²) in [6, 6.07) is 1.76. The molecule has 2 aromatic rings. The van der Waals surface area contributed by atoms with Crippen molar-refractivity contribution in [2.75, 3.05) is 6.26 Å². The van der Waals surface area contributed by atoms with Crippen molar-refractivity contribution in [2.45, 2.75) is 6.92 Å². The Bertz CT molecular complexity index is 523. The summed E-state index contributed by atoms with van der Waals surface area (Å²) in [5, 5.41) is 1.13. The van der Waals surface area contributed by atoms with Gasteiger partial charge in [-0.1, -0.05) is 11.6 Å². The first-order chi connectivity index (χ1) is 6.59. The van der Waals surface area contributed by atoms with Crippen LogP contribution in [0.2, 0.25) is 5.15 Å². The zero-order valence-electron chi connectivity index (χ0n) is 7.69. The Balaban J connectivity index is 2.85. The van der Waals surface area contributed by atoms with Crippen LogP contribution in [0.1, 0.15) is 5.82 Å². The maximum Gasteiger partial charge on any atom is 0.157 e. The first-order valence-electron chi connectivity index (χ1n) is 3.94. The van der Waals surface area contributed by atoms with Crippen LogP contribution in [0.3, 0.4) is 0 Å². The van der Waals surface area contributed by atoms with Crippen molar-refractivity contribution in [1.29, 1.82) is 0 Å². The van der Waals surface area contributed by atoms with Crippen molar-refractivity contribution in [3.05, 3.63) is 23.2 Å². The smallest absolute Gasteiger partial charge is 0.157 e. The molecule has 2 rings (SSSR count). The minimum atomic E-state index is -1.12. The topological polar surface area (TPSA) is 47.8 Å². The maximum absolute atomic E-state index is 11.3. The molecule has 0 aliphatic rings. The van der Waals surface area contributed by atoms with E-state index in [-0.39, 0.29) is 0 Å². The number of aromatic nitrogens is 3. The average molecular weight is 230 g/mol. The highest BCUT2D eigenvalue weighted by molar-refractivity contribution is 7.82. The van der Waals surface area contributed by atoms with Crippen LogP contribution >= 0.6 is 11.6 Å². The van der Waals surface area contributed by atoms with Gasteiger partial charge in [-0.15, -0.1) is 0 Å². The van der Waals surface area contributed by atoms with Gasteiger partial charge < -0.3 is 0 Å². The molecule has 0 fully saturated rings. The fourth-order valence-corrected chi connectivity index (χ4v) is 2.15. The number of hydrogen-bond donors (Lipinski definition) is 0. The predicted octanol–water partition coefficient (Wildman–Crippen LogP) is 1.53. The SMILES string of the molecule is Cc1nc(Cl)c2ccn(S(C)=O)c2n1. The Morgan fingerprint density at radius 2 is 2.21 bits per heavy atom. The summed E-state index contributed by atoms with van der Waals surface area (Å²) in [6.07, 6.45) is 3.28. The fraction of sp³-hybridized carbons (Fsp3) is 0.250. The normalized spacial score (nSPS) is 13.4. The number of nitrogens with zero attached hydrogens (tertiary/aromatic N) is 3. The largest absolute Gasteiger partial charge is 0.250 e. The second-order valence-corrected chi connectivity index (χ2v) is 4.46. The number of hydrogen-bond acceptors (Lipinski definition) is 3. The third kappa shape index (κ3) is 1.42. The zero-order valence-corrected chi connectivity index (χ0v) is 9.26. The van der Waals surface area contributed by atoms with E-state index in [1.165, 1.54) is 0 Å². The molecule has 0 aliphatic heterocycles. The van der Waals surface area contributed by atoms with Crippen molar-refractivity contribution in [1.82, 2.24) is 13.9 Å². The zero-order chi connectivity index (χ0) is 10.3. The summed E-state index contributed by atoms with van der Waals surface area (Å²) in [5.41, 5.74) is 0.614. The molecular formula is C8H8ClN3OS. The quantitative estimate of drug-likeness (QED) is 0.697. The van der Waals surface area contributed by atoms with Crippen LogP contribution in [0, 0.1) is 6.92 Å². The minimum Gasteiger partial charge on any atom is -0.250 e. The van der Waals surface area contributed by atoms with Crippen LogP contribution in [-0.2, 0) is 11.0 Å². The Morgan fingerprint density at radius 1 is 1.50 bits per heavy atom. The minimum absolute atomic E-state index is 0.400. The molecule has 4 nitrogen and oxygen atoms in total. The first-order valence-corrected chi connectivity index (χ1v) is 5.84. The van der Waals surface area contributed by atoms with Crippen LogP contribution < -0.4 is 0 Å². The third-order valence-corrected chi connectivity index (χ3v) is 2.99. The van der Waals surface area contributed by atoms with Gasteiger partial charge >= 0.3 is 0 Å². The molecule has 6 heteroatoms. The van der Waals surface area contributed by atoms with E-state index in [4.69, 9.17) is 11.6 Å². The van der Waals surface area contributed by atoms with E-state index in [0.29, 0.717) is 16.6 Å². The van der Waals surface area contributed by atoms with Crippen molar-refractivity contribution < 1.29 is 4.21 Å². The van der Waals surface area contributed by atoms with Gasteiger partial charge in [0.05, 0.1) is 5.39 Å². The summed E-state index contributed by atoms with van der Waals surface area (Å²) in [7, 11) is -1.12. The highest BCUT2D eigenvalue weighted by Crippen LogP contribution is 2.21. The number of fused-ring (bicyclic) bond motifs is 1. The predicted molar refractivity (Wildman–Crippen MR) is 56.7 cm³/mol. The monoisotopic (exact) mass is 229 g/mol. The molecule has 0 amide bonds. The molecule has 0 N–H and O–H groups in total. The molecule has 2 heterocycles. The number of rotatable bonds is 1. The lowest BCUT2D eigenvalue weighted by Gasteiger charge is -2.00. The van der Waals surface area contributed by atoms with Crippen LogP contribution in [0.15, 0.2) is 12.3 Å². The Kier molecular flexibility index (Phi) is 2.28. The molecule has 0 radical (unpaired) electrons. The van der Waals surface area contributed by atoms with Crippen LogP contribution in [-0.4, -0.2) is 24.4 Å². The van der Waals surface area contributed by atoms with Crippen LogP contribution in [0.25, 0.3) is 11.0 Å². The molecule has 0 bridgehead atoms. The summed E-state index contributed by atoms with van der Waals surface area (Å²) in [4.78, 5) is 8.21. The first kappa shape index (κ1) is 9.61. The summed E-state index contributed by atoms with van der Waals surface area (Å²) < 4.78 is 12.9. The van der Waals surface area contributed by atoms with E-state index in [1.807, 2.05) is 0 Å². The highest BCUT2D eigenvalue weighted by atomic mass is 35.5. The number of aryl methyl sites for hydroxylation is 1. The van der Waals surface area contributed by atoms with E-state index in [2.05, 4.69) is 9.97 Å². The van der Waals surface area contributed by atoms with Crippen LogP contribution in [0.4, 0.5) is 0 Å². The van der Waals surface area contributed by atoms with Gasteiger partial charge in [0.15, 0.2) is 5.65 Å². The molecule has 1 unspecified atom stereocenters. The lowest BCUT2D eigenvalue weighted by atomic mass is 10.4. The highest BCUT2D eigenvalue weighted by Gasteiger charge is 2.09. The Labute approximate surface area is 88.5 Å². The lowest BCUT2D eigenvalue weighted by Crippen LogP contribution is -2.02. The van der Waals surface area contributed by atoms with Gasteiger partial charge in [-0.05, 0) is 13.0 Å². The summed E-state index contributed by atoms with van der Waals surface area (Å²) in [5.74, 6) is 0.577. The van der Waals surface area contributed by atoms with Crippen molar-refractivity contribution in [2.24, 2.45) is 0 Å². The van der Waals surface area contributed by atoms with E-state index < -0.39 is 11.0 Å². The van der Waals surface area contributed by atoms with E-state index in [0.717, 1.165) is 5.39 Å². The fourth-order valence-electron chi connectivity index (χ4n) is 1.26. The summed E-state index contributed by atoms with van der Waals surface area (Å²) >= 11 is 5.92. The van der Waals surface area contributed by atoms with Crippen molar-refractivity contribution in [3.63, 3.8) is 0 Å². The molecule has 0 aromatic carbocycles. The van der Waals surface area contributed by atoms with Gasteiger partial charge in [0.25, 0.3) is 0 Å². The standard InChI is InChI=1S/C8H8ClN3OS/c1-5-10-7(9)6-3-4-12(14(2)13)8(6)11-5/h3-4H,1-2H3. The Hall–Kier alpha value is -0.940. The molecule has 0 saturated heterocycles. The van der Waals surface area contributed by atoms with E-state index in [1.54, 1.807) is 29.4 Å². The van der Waals surface area contributed by atoms with E-state index in [9.17, 15) is 4.21 Å². The Morgan fingerprint density at radius 3 is 2.86 bits per heavy atom. The second kappa shape index (κ2) is 3.33. The number of halogens is 1. The average Bonchev–Trinajstić information content (AvgIpc) is 2.47. The molecule has 0 aliphatic carbocycles. The second-order valence-electron chi connectivity index (χ2n) is 2.86. The molecule has 2 aromatic heterocycles. The third-order valence-electron chi connectivity index (χ3n) is 1.85. The molecule has 0 spiro atoms. The van der Waals surface area contributed by atoms with Gasteiger partial charge in [-0.3, -0.25) is 3.97 Å². The van der Waals surface area contributed by atoms with Crippen molar-refractivity contribution in [3.8, 4) is 0 Å². The molecule has 14 heavy (non-hydrogen) atoms. The van der Waals surface area contributed by atoms with Gasteiger partial charge in [0, 0.05) is 12.5 Å².